The van der Waals surface area contributed by atoms with Gasteiger partial charge in [0.1, 0.15) is 0 Å². The Morgan fingerprint density at radius 3 is 2.48 bits per heavy atom. The first-order valence-corrected chi connectivity index (χ1v) is 10.2. The van der Waals surface area contributed by atoms with Gasteiger partial charge < -0.3 is 20.3 Å². The fraction of sp³-hybridized carbons (Fsp3) is 0.391. The minimum atomic E-state index is -0.155. The van der Waals surface area contributed by atoms with Crippen molar-refractivity contribution in [3.8, 4) is 0 Å². The Kier molecular flexibility index (Phi) is 5.81. The van der Waals surface area contributed by atoms with E-state index in [2.05, 4.69) is 39.8 Å². The van der Waals surface area contributed by atoms with Gasteiger partial charge in [-0.05, 0) is 55.7 Å². The van der Waals surface area contributed by atoms with E-state index in [1.165, 1.54) is 5.69 Å². The third-order valence-electron chi connectivity index (χ3n) is 5.46. The number of anilines is 2. The molecule has 2 fully saturated rings. The minimum absolute atomic E-state index is 0.0382. The van der Waals surface area contributed by atoms with E-state index in [0.29, 0.717) is 11.3 Å². The molecule has 2 aromatic rings. The van der Waals surface area contributed by atoms with Crippen molar-refractivity contribution >= 4 is 23.2 Å². The molecule has 1 heterocycles. The Hall–Kier alpha value is -2.86. The Balaban J connectivity index is 1.36. The number of carbonyl (C=O) groups is 2. The van der Waals surface area contributed by atoms with Gasteiger partial charge in [0.25, 0.3) is 5.91 Å². The standard InChI is InChI=1S/C23H27N3O3/c1-16(17-7-9-21(10-8-17)26-11-13-29-14-12-26)24-23(28)19-3-2-4-20(15-19)25-22(27)18-5-6-18/h2-4,7-10,15-16,18H,5-6,11-14H2,1H3,(H,24,28)(H,25,27). The van der Waals surface area contributed by atoms with Gasteiger partial charge in [-0.25, -0.2) is 0 Å². The second-order valence-electron chi connectivity index (χ2n) is 7.73. The smallest absolute Gasteiger partial charge is 0.251 e. The van der Waals surface area contributed by atoms with Crippen molar-refractivity contribution in [2.24, 2.45) is 5.92 Å². The van der Waals surface area contributed by atoms with Crippen molar-refractivity contribution < 1.29 is 14.3 Å². The normalized spacial score (nSPS) is 17.5. The van der Waals surface area contributed by atoms with Crippen molar-refractivity contribution in [2.75, 3.05) is 36.5 Å². The van der Waals surface area contributed by atoms with Gasteiger partial charge in [-0.1, -0.05) is 18.2 Å². The molecule has 1 saturated heterocycles. The topological polar surface area (TPSA) is 70.7 Å². The highest BCUT2D eigenvalue weighted by molar-refractivity contribution is 5.98. The van der Waals surface area contributed by atoms with Crippen molar-refractivity contribution in [3.05, 3.63) is 59.7 Å². The number of benzene rings is 2. The molecule has 2 aliphatic rings. The number of carbonyl (C=O) groups excluding carboxylic acids is 2. The van der Waals surface area contributed by atoms with E-state index in [0.717, 1.165) is 44.7 Å². The van der Waals surface area contributed by atoms with Gasteiger partial charge in [0, 0.05) is 35.9 Å². The lowest BCUT2D eigenvalue weighted by Crippen LogP contribution is -2.36. The van der Waals surface area contributed by atoms with Gasteiger partial charge in [0.05, 0.1) is 19.3 Å². The predicted molar refractivity (Wildman–Crippen MR) is 113 cm³/mol. The minimum Gasteiger partial charge on any atom is -0.378 e. The van der Waals surface area contributed by atoms with Crippen molar-refractivity contribution in [1.82, 2.24) is 5.32 Å². The van der Waals surface area contributed by atoms with Gasteiger partial charge >= 0.3 is 0 Å². The first-order chi connectivity index (χ1) is 14.1. The molecule has 1 unspecified atom stereocenters. The Morgan fingerprint density at radius 2 is 1.79 bits per heavy atom. The van der Waals surface area contributed by atoms with Crippen LogP contribution in [0.1, 0.15) is 41.7 Å². The molecule has 1 atom stereocenters. The van der Waals surface area contributed by atoms with E-state index in [9.17, 15) is 9.59 Å². The molecule has 1 aliphatic carbocycles. The number of nitrogens with one attached hydrogen (secondary N) is 2. The van der Waals surface area contributed by atoms with E-state index in [-0.39, 0.29) is 23.8 Å². The van der Waals surface area contributed by atoms with Crippen molar-refractivity contribution in [3.63, 3.8) is 0 Å². The second kappa shape index (κ2) is 8.66. The fourth-order valence-corrected chi connectivity index (χ4v) is 3.49. The second-order valence-corrected chi connectivity index (χ2v) is 7.73. The van der Waals surface area contributed by atoms with E-state index < -0.39 is 0 Å². The zero-order valence-electron chi connectivity index (χ0n) is 16.7. The number of nitrogens with zero attached hydrogens (tertiary/aromatic N) is 1. The lowest BCUT2D eigenvalue weighted by atomic mass is 10.1. The fourth-order valence-electron chi connectivity index (χ4n) is 3.49. The number of hydrogen-bond acceptors (Lipinski definition) is 4. The zero-order chi connectivity index (χ0) is 20.2. The average Bonchev–Trinajstić information content (AvgIpc) is 3.60. The molecule has 1 saturated carbocycles. The van der Waals surface area contributed by atoms with Crippen LogP contribution in [0.2, 0.25) is 0 Å². The Labute approximate surface area is 171 Å². The van der Waals surface area contributed by atoms with Crippen molar-refractivity contribution in [1.29, 1.82) is 0 Å². The Bertz CT molecular complexity index is 871. The summed E-state index contributed by atoms with van der Waals surface area (Å²) >= 11 is 0. The molecule has 6 heteroatoms. The quantitative estimate of drug-likeness (QED) is 0.790. The third-order valence-corrected chi connectivity index (χ3v) is 5.46. The third kappa shape index (κ3) is 4.95. The highest BCUT2D eigenvalue weighted by atomic mass is 16.5. The van der Waals surface area contributed by atoms with Crippen LogP contribution < -0.4 is 15.5 Å². The first kappa shape index (κ1) is 19.5. The van der Waals surface area contributed by atoms with Gasteiger partial charge in [-0.2, -0.15) is 0 Å². The summed E-state index contributed by atoms with van der Waals surface area (Å²) in [5, 5.41) is 5.93. The SMILES string of the molecule is CC(NC(=O)c1cccc(NC(=O)C2CC2)c1)c1ccc(N2CCOCC2)cc1. The summed E-state index contributed by atoms with van der Waals surface area (Å²) in [6.07, 6.45) is 1.90. The molecule has 4 rings (SSSR count). The van der Waals surface area contributed by atoms with Crippen molar-refractivity contribution in [2.45, 2.75) is 25.8 Å². The summed E-state index contributed by atoms with van der Waals surface area (Å²) < 4.78 is 5.40. The van der Waals surface area contributed by atoms with E-state index in [1.807, 2.05) is 13.0 Å². The van der Waals surface area contributed by atoms with E-state index in [1.54, 1.807) is 18.2 Å². The molecule has 6 nitrogen and oxygen atoms in total. The molecule has 0 bridgehead atoms. The summed E-state index contributed by atoms with van der Waals surface area (Å²) in [5.74, 6) is 0.0153. The van der Waals surface area contributed by atoms with Gasteiger partial charge in [0.15, 0.2) is 0 Å². The molecule has 0 spiro atoms. The van der Waals surface area contributed by atoms with Crippen LogP contribution in [0.15, 0.2) is 48.5 Å². The monoisotopic (exact) mass is 393 g/mol. The zero-order valence-corrected chi connectivity index (χ0v) is 16.7. The Morgan fingerprint density at radius 1 is 1.07 bits per heavy atom. The van der Waals surface area contributed by atoms with Crippen LogP contribution in [0.5, 0.6) is 0 Å². The molecule has 2 N–H and O–H groups in total. The highest BCUT2D eigenvalue weighted by Gasteiger charge is 2.29. The summed E-state index contributed by atoms with van der Waals surface area (Å²) in [7, 11) is 0. The van der Waals surface area contributed by atoms with Crippen LogP contribution in [0, 0.1) is 5.92 Å². The lowest BCUT2D eigenvalue weighted by molar-refractivity contribution is -0.117. The molecule has 2 aromatic carbocycles. The molecular weight excluding hydrogens is 366 g/mol. The molecule has 0 aromatic heterocycles. The number of rotatable bonds is 6. The van der Waals surface area contributed by atoms with E-state index in [4.69, 9.17) is 4.74 Å². The van der Waals surface area contributed by atoms with Gasteiger partial charge in [-0.15, -0.1) is 0 Å². The summed E-state index contributed by atoms with van der Waals surface area (Å²) in [5.41, 5.74) is 3.43. The van der Waals surface area contributed by atoms with Crippen LogP contribution in [0.25, 0.3) is 0 Å². The molecule has 1 aliphatic heterocycles. The average molecular weight is 393 g/mol. The molecule has 0 radical (unpaired) electrons. The van der Waals surface area contributed by atoms with Gasteiger partial charge in [-0.3, -0.25) is 9.59 Å². The van der Waals surface area contributed by atoms with E-state index >= 15 is 0 Å². The summed E-state index contributed by atoms with van der Waals surface area (Å²) in [6.45, 7) is 5.29. The largest absolute Gasteiger partial charge is 0.378 e. The maximum absolute atomic E-state index is 12.7. The summed E-state index contributed by atoms with van der Waals surface area (Å²) in [4.78, 5) is 26.9. The first-order valence-electron chi connectivity index (χ1n) is 10.2. The van der Waals surface area contributed by atoms with Crippen LogP contribution in [0.3, 0.4) is 0 Å². The number of amides is 2. The van der Waals surface area contributed by atoms with Crippen LogP contribution in [-0.4, -0.2) is 38.1 Å². The van der Waals surface area contributed by atoms with Crippen LogP contribution in [-0.2, 0) is 9.53 Å². The number of ether oxygens (including phenoxy) is 1. The number of morpholine rings is 1. The van der Waals surface area contributed by atoms with Gasteiger partial charge in [0.2, 0.25) is 5.91 Å². The molecule has 29 heavy (non-hydrogen) atoms. The highest BCUT2D eigenvalue weighted by Crippen LogP contribution is 2.30. The van der Waals surface area contributed by atoms with Crippen LogP contribution >= 0.6 is 0 Å². The molecular formula is C23H27N3O3. The maximum atomic E-state index is 12.7. The summed E-state index contributed by atoms with van der Waals surface area (Å²) in [6, 6.07) is 15.3. The molecule has 2 amide bonds. The van der Waals surface area contributed by atoms with Crippen LogP contribution in [0.4, 0.5) is 11.4 Å². The number of hydrogen-bond donors (Lipinski definition) is 2. The maximum Gasteiger partial charge on any atom is 0.251 e. The predicted octanol–water partition coefficient (Wildman–Crippen LogP) is 3.36. The molecule has 152 valence electrons. The lowest BCUT2D eigenvalue weighted by Gasteiger charge is -2.29.